The maximum atomic E-state index is 12.9. The molecule has 0 bridgehead atoms. The lowest BCUT2D eigenvalue weighted by Gasteiger charge is -2.27. The average molecular weight is 257 g/mol. The van der Waals surface area contributed by atoms with Crippen molar-refractivity contribution in [2.45, 2.75) is 19.3 Å². The zero-order chi connectivity index (χ0) is 13.1. The third kappa shape index (κ3) is 2.72. The van der Waals surface area contributed by atoms with Crippen LogP contribution in [0.3, 0.4) is 0 Å². The van der Waals surface area contributed by atoms with Gasteiger partial charge < -0.3 is 4.90 Å². The second kappa shape index (κ2) is 5.34. The van der Waals surface area contributed by atoms with Crippen LogP contribution in [0.4, 0.5) is 10.2 Å². The van der Waals surface area contributed by atoms with Crippen LogP contribution in [0.25, 0.3) is 11.4 Å². The lowest BCUT2D eigenvalue weighted by Crippen LogP contribution is -2.30. The molecule has 0 amide bonds. The Morgan fingerprint density at radius 2 is 1.68 bits per heavy atom. The first-order chi connectivity index (χ1) is 9.33. The van der Waals surface area contributed by atoms with Gasteiger partial charge in [0.25, 0.3) is 0 Å². The summed E-state index contributed by atoms with van der Waals surface area (Å²) >= 11 is 0. The van der Waals surface area contributed by atoms with Crippen molar-refractivity contribution in [3.8, 4) is 11.4 Å². The molecule has 2 aromatic rings. The van der Waals surface area contributed by atoms with Crippen molar-refractivity contribution in [3.05, 3.63) is 42.3 Å². The molecular weight excluding hydrogens is 241 g/mol. The van der Waals surface area contributed by atoms with E-state index in [1.165, 1.54) is 31.4 Å². The van der Waals surface area contributed by atoms with E-state index in [1.54, 1.807) is 18.3 Å². The molecule has 1 fully saturated rings. The normalized spacial score (nSPS) is 15.5. The first-order valence-corrected chi connectivity index (χ1v) is 6.67. The van der Waals surface area contributed by atoms with Crippen LogP contribution in [0.1, 0.15) is 19.3 Å². The van der Waals surface area contributed by atoms with E-state index in [0.29, 0.717) is 5.82 Å². The van der Waals surface area contributed by atoms with Crippen molar-refractivity contribution in [1.82, 2.24) is 9.97 Å². The zero-order valence-corrected chi connectivity index (χ0v) is 10.7. The fraction of sp³-hybridized carbons (Fsp3) is 0.333. The molecule has 0 unspecified atom stereocenters. The number of benzene rings is 1. The summed E-state index contributed by atoms with van der Waals surface area (Å²) in [6.45, 7) is 2.11. The Morgan fingerprint density at radius 3 is 2.42 bits per heavy atom. The smallest absolute Gasteiger partial charge is 0.161 e. The standard InChI is InChI=1S/C15H16FN3/c16-13-6-4-12(5-7-13)15-17-9-8-14(18-15)19-10-2-1-3-11-19/h4-9H,1-3,10-11H2. The Kier molecular flexibility index (Phi) is 3.40. The van der Waals surface area contributed by atoms with Crippen LogP contribution in [0, 0.1) is 5.82 Å². The summed E-state index contributed by atoms with van der Waals surface area (Å²) in [5, 5.41) is 0. The molecule has 3 rings (SSSR count). The second-order valence-electron chi connectivity index (χ2n) is 4.79. The lowest BCUT2D eigenvalue weighted by atomic mass is 10.1. The van der Waals surface area contributed by atoms with Crippen LogP contribution in [0.15, 0.2) is 36.5 Å². The number of rotatable bonds is 2. The minimum Gasteiger partial charge on any atom is -0.357 e. The summed E-state index contributed by atoms with van der Waals surface area (Å²) in [4.78, 5) is 11.2. The van der Waals surface area contributed by atoms with Crippen LogP contribution >= 0.6 is 0 Å². The number of halogens is 1. The summed E-state index contributed by atoms with van der Waals surface area (Å²) in [5.74, 6) is 1.38. The molecule has 2 heterocycles. The van der Waals surface area contributed by atoms with Crippen molar-refractivity contribution in [2.24, 2.45) is 0 Å². The van der Waals surface area contributed by atoms with Crippen molar-refractivity contribution >= 4 is 5.82 Å². The molecular formula is C15H16FN3. The highest BCUT2D eigenvalue weighted by Crippen LogP contribution is 2.21. The predicted octanol–water partition coefficient (Wildman–Crippen LogP) is 3.27. The Balaban J connectivity index is 1.88. The molecule has 0 N–H and O–H groups in total. The quantitative estimate of drug-likeness (QED) is 0.826. The maximum Gasteiger partial charge on any atom is 0.161 e. The number of nitrogens with zero attached hydrogens (tertiary/aromatic N) is 3. The number of piperidine rings is 1. The van der Waals surface area contributed by atoms with E-state index in [1.807, 2.05) is 6.07 Å². The van der Waals surface area contributed by atoms with Crippen molar-refractivity contribution in [2.75, 3.05) is 18.0 Å². The first kappa shape index (κ1) is 12.1. The van der Waals surface area contributed by atoms with E-state index in [0.717, 1.165) is 24.5 Å². The number of anilines is 1. The van der Waals surface area contributed by atoms with Crippen LogP contribution in [-0.2, 0) is 0 Å². The Bertz CT molecular complexity index is 548. The highest BCUT2D eigenvalue weighted by Gasteiger charge is 2.13. The fourth-order valence-corrected chi connectivity index (χ4v) is 2.39. The average Bonchev–Trinajstić information content (AvgIpc) is 2.49. The van der Waals surface area contributed by atoms with Gasteiger partial charge in [-0.1, -0.05) is 0 Å². The fourth-order valence-electron chi connectivity index (χ4n) is 2.39. The van der Waals surface area contributed by atoms with E-state index < -0.39 is 0 Å². The number of hydrogen-bond donors (Lipinski definition) is 0. The summed E-state index contributed by atoms with van der Waals surface area (Å²) in [7, 11) is 0. The van der Waals surface area contributed by atoms with Crippen molar-refractivity contribution in [1.29, 1.82) is 0 Å². The summed E-state index contributed by atoms with van der Waals surface area (Å²) in [6.07, 6.45) is 5.51. The molecule has 1 aliphatic heterocycles. The molecule has 4 heteroatoms. The molecule has 0 radical (unpaired) electrons. The summed E-state index contributed by atoms with van der Waals surface area (Å²) < 4.78 is 12.9. The highest BCUT2D eigenvalue weighted by molar-refractivity contribution is 5.57. The summed E-state index contributed by atoms with van der Waals surface area (Å²) in [5.41, 5.74) is 0.847. The third-order valence-electron chi connectivity index (χ3n) is 3.42. The molecule has 1 saturated heterocycles. The van der Waals surface area contributed by atoms with Crippen LogP contribution < -0.4 is 4.90 Å². The van der Waals surface area contributed by atoms with Crippen LogP contribution in [0.2, 0.25) is 0 Å². The molecule has 19 heavy (non-hydrogen) atoms. The highest BCUT2D eigenvalue weighted by atomic mass is 19.1. The van der Waals surface area contributed by atoms with E-state index in [2.05, 4.69) is 14.9 Å². The minimum absolute atomic E-state index is 0.240. The Morgan fingerprint density at radius 1 is 0.947 bits per heavy atom. The van der Waals surface area contributed by atoms with Crippen LogP contribution in [0.5, 0.6) is 0 Å². The van der Waals surface area contributed by atoms with E-state index >= 15 is 0 Å². The molecule has 1 aromatic heterocycles. The molecule has 1 aliphatic rings. The monoisotopic (exact) mass is 257 g/mol. The number of aromatic nitrogens is 2. The van der Waals surface area contributed by atoms with Gasteiger partial charge in [-0.3, -0.25) is 0 Å². The van der Waals surface area contributed by atoms with Crippen LogP contribution in [-0.4, -0.2) is 23.1 Å². The van der Waals surface area contributed by atoms with Crippen molar-refractivity contribution < 1.29 is 4.39 Å². The van der Waals surface area contributed by atoms with Gasteiger partial charge in [-0.15, -0.1) is 0 Å². The maximum absolute atomic E-state index is 12.9. The van der Waals surface area contributed by atoms with E-state index in [4.69, 9.17) is 0 Å². The minimum atomic E-state index is -0.240. The van der Waals surface area contributed by atoms with Gasteiger partial charge in [0, 0.05) is 24.8 Å². The lowest BCUT2D eigenvalue weighted by molar-refractivity contribution is 0.573. The van der Waals surface area contributed by atoms with E-state index in [-0.39, 0.29) is 5.82 Å². The molecule has 0 atom stereocenters. The Hall–Kier alpha value is -1.97. The van der Waals surface area contributed by atoms with Gasteiger partial charge in [0.1, 0.15) is 11.6 Å². The molecule has 0 saturated carbocycles. The third-order valence-corrected chi connectivity index (χ3v) is 3.42. The van der Waals surface area contributed by atoms with Crippen molar-refractivity contribution in [3.63, 3.8) is 0 Å². The molecule has 98 valence electrons. The van der Waals surface area contributed by atoms with E-state index in [9.17, 15) is 4.39 Å². The van der Waals surface area contributed by atoms with Gasteiger partial charge in [-0.25, -0.2) is 14.4 Å². The van der Waals surface area contributed by atoms with Gasteiger partial charge in [0.15, 0.2) is 5.82 Å². The van der Waals surface area contributed by atoms with Gasteiger partial charge in [-0.05, 0) is 49.6 Å². The molecule has 3 nitrogen and oxygen atoms in total. The molecule has 1 aromatic carbocycles. The summed E-state index contributed by atoms with van der Waals surface area (Å²) in [6, 6.07) is 8.24. The molecule has 0 aliphatic carbocycles. The van der Waals surface area contributed by atoms with Gasteiger partial charge in [-0.2, -0.15) is 0 Å². The zero-order valence-electron chi connectivity index (χ0n) is 10.7. The second-order valence-corrected chi connectivity index (χ2v) is 4.79. The van der Waals surface area contributed by atoms with Gasteiger partial charge >= 0.3 is 0 Å². The predicted molar refractivity (Wildman–Crippen MR) is 73.5 cm³/mol. The Labute approximate surface area is 112 Å². The SMILES string of the molecule is Fc1ccc(-c2nccc(N3CCCCC3)n2)cc1. The first-order valence-electron chi connectivity index (χ1n) is 6.67. The molecule has 0 spiro atoms. The topological polar surface area (TPSA) is 29.0 Å². The van der Waals surface area contributed by atoms with Gasteiger partial charge in [0.05, 0.1) is 0 Å². The van der Waals surface area contributed by atoms with Gasteiger partial charge in [0.2, 0.25) is 0 Å². The largest absolute Gasteiger partial charge is 0.357 e. The number of hydrogen-bond acceptors (Lipinski definition) is 3.